The highest BCUT2D eigenvalue weighted by Crippen LogP contribution is 2.53. The van der Waals surface area contributed by atoms with Crippen LogP contribution in [0.2, 0.25) is 0 Å². The maximum absolute atomic E-state index is 2.54. The molecular formula is C36H38N2. The summed E-state index contributed by atoms with van der Waals surface area (Å²) in [6, 6.07) is 23.5. The summed E-state index contributed by atoms with van der Waals surface area (Å²) >= 11 is 0. The van der Waals surface area contributed by atoms with Crippen LogP contribution in [0.3, 0.4) is 0 Å². The zero-order chi connectivity index (χ0) is 26.5. The molecule has 192 valence electrons. The van der Waals surface area contributed by atoms with E-state index in [0.29, 0.717) is 5.92 Å². The minimum atomic E-state index is 0.0512. The van der Waals surface area contributed by atoms with Crippen molar-refractivity contribution in [2.24, 2.45) is 0 Å². The molecule has 0 bridgehead atoms. The van der Waals surface area contributed by atoms with E-state index < -0.39 is 0 Å². The van der Waals surface area contributed by atoms with Crippen LogP contribution in [0, 0.1) is 0 Å². The predicted molar refractivity (Wildman–Crippen MR) is 162 cm³/mol. The van der Waals surface area contributed by atoms with E-state index in [9.17, 15) is 0 Å². The van der Waals surface area contributed by atoms with Crippen LogP contribution in [0.5, 0.6) is 0 Å². The fraction of sp³-hybridized carbons (Fsp3) is 0.333. The standard InChI is InChI=1S/C36H38N2/c1-21(2)22-12-13-31-25(14-22)16-26-18-28-24(19-32(26)37(31)6)15-27-20-33-29(35(34(27)28)36(3,4)5)17-23-10-8-9-11-30(23)38(33)7/h8-14,18-21H,15-17H2,1-7H3. The average molecular weight is 499 g/mol. The first-order valence-electron chi connectivity index (χ1n) is 14.2. The fourth-order valence-electron chi connectivity index (χ4n) is 7.31. The third kappa shape index (κ3) is 3.32. The normalized spacial score (nSPS) is 15.1. The van der Waals surface area contributed by atoms with E-state index in [1.807, 2.05) is 0 Å². The van der Waals surface area contributed by atoms with Gasteiger partial charge < -0.3 is 9.80 Å². The van der Waals surface area contributed by atoms with Crippen LogP contribution in [0.4, 0.5) is 22.7 Å². The van der Waals surface area contributed by atoms with Crippen LogP contribution in [0.25, 0.3) is 11.1 Å². The summed E-state index contributed by atoms with van der Waals surface area (Å²) in [6.07, 6.45) is 3.02. The maximum Gasteiger partial charge on any atom is 0.0450 e. The van der Waals surface area contributed by atoms with Crippen LogP contribution in [-0.2, 0) is 24.7 Å². The smallest absolute Gasteiger partial charge is 0.0450 e. The number of fused-ring (bicyclic) bond motifs is 7. The molecule has 2 nitrogen and oxygen atoms in total. The summed E-state index contributed by atoms with van der Waals surface area (Å²) < 4.78 is 0. The molecule has 2 aliphatic heterocycles. The molecule has 0 N–H and O–H groups in total. The Morgan fingerprint density at radius 1 is 0.632 bits per heavy atom. The van der Waals surface area contributed by atoms with Crippen molar-refractivity contribution in [3.63, 3.8) is 0 Å². The van der Waals surface area contributed by atoms with Crippen LogP contribution < -0.4 is 9.80 Å². The monoisotopic (exact) mass is 498 g/mol. The van der Waals surface area contributed by atoms with Gasteiger partial charge in [0.1, 0.15) is 0 Å². The lowest BCUT2D eigenvalue weighted by atomic mass is 9.75. The molecule has 4 aromatic rings. The Morgan fingerprint density at radius 2 is 1.29 bits per heavy atom. The van der Waals surface area contributed by atoms with E-state index >= 15 is 0 Å². The lowest BCUT2D eigenvalue weighted by Crippen LogP contribution is -2.24. The van der Waals surface area contributed by atoms with Crippen molar-refractivity contribution in [3.8, 4) is 11.1 Å². The Bertz CT molecular complexity index is 1630. The molecule has 0 saturated carbocycles. The van der Waals surface area contributed by atoms with Crippen molar-refractivity contribution in [1.29, 1.82) is 0 Å². The van der Waals surface area contributed by atoms with Crippen LogP contribution in [0.1, 0.15) is 85.0 Å². The van der Waals surface area contributed by atoms with Crippen molar-refractivity contribution >= 4 is 22.7 Å². The highest BCUT2D eigenvalue weighted by molar-refractivity contribution is 5.90. The summed E-state index contributed by atoms with van der Waals surface area (Å²) in [7, 11) is 4.49. The van der Waals surface area contributed by atoms with Gasteiger partial charge in [0.15, 0.2) is 0 Å². The molecule has 0 amide bonds. The molecule has 2 heterocycles. The second-order valence-corrected chi connectivity index (χ2v) is 13.0. The van der Waals surface area contributed by atoms with Gasteiger partial charge >= 0.3 is 0 Å². The number of hydrogen-bond donors (Lipinski definition) is 0. The zero-order valence-electron chi connectivity index (χ0n) is 23.9. The van der Waals surface area contributed by atoms with Gasteiger partial charge in [0.25, 0.3) is 0 Å². The summed E-state index contributed by atoms with van der Waals surface area (Å²) in [5.41, 5.74) is 20.2. The molecule has 1 aliphatic carbocycles. The average Bonchev–Trinajstić information content (AvgIpc) is 3.22. The Morgan fingerprint density at radius 3 is 2.05 bits per heavy atom. The van der Waals surface area contributed by atoms with E-state index in [-0.39, 0.29) is 5.41 Å². The van der Waals surface area contributed by atoms with Gasteiger partial charge in [-0.2, -0.15) is 0 Å². The molecule has 0 saturated heterocycles. The highest BCUT2D eigenvalue weighted by atomic mass is 15.1. The molecule has 0 atom stereocenters. The second-order valence-electron chi connectivity index (χ2n) is 13.0. The molecule has 0 fully saturated rings. The van der Waals surface area contributed by atoms with E-state index in [2.05, 4.69) is 119 Å². The first kappa shape index (κ1) is 23.6. The number of para-hydroxylation sites is 1. The summed E-state index contributed by atoms with van der Waals surface area (Å²) in [5.74, 6) is 0.544. The molecule has 0 spiro atoms. The summed E-state index contributed by atoms with van der Waals surface area (Å²) in [4.78, 5) is 4.84. The molecule has 3 aliphatic rings. The number of rotatable bonds is 1. The lowest BCUT2D eigenvalue weighted by molar-refractivity contribution is 0.585. The number of hydrogen-bond acceptors (Lipinski definition) is 2. The molecule has 38 heavy (non-hydrogen) atoms. The lowest BCUT2D eigenvalue weighted by Gasteiger charge is -2.36. The molecule has 7 rings (SSSR count). The Kier molecular flexibility index (Phi) is 4.96. The molecule has 0 aromatic heterocycles. The van der Waals surface area contributed by atoms with Gasteiger partial charge in [0.2, 0.25) is 0 Å². The van der Waals surface area contributed by atoms with Crippen molar-refractivity contribution in [1.82, 2.24) is 0 Å². The molecule has 2 heteroatoms. The minimum absolute atomic E-state index is 0.0512. The van der Waals surface area contributed by atoms with E-state index in [0.717, 1.165) is 19.3 Å². The SMILES string of the molecule is CC(C)c1ccc2c(c1)Cc1cc3c(cc1N2C)Cc1cc2c(c(C(C)(C)C)c1-3)Cc1ccccc1N2C. The van der Waals surface area contributed by atoms with Gasteiger partial charge in [0, 0.05) is 49.7 Å². The zero-order valence-corrected chi connectivity index (χ0v) is 23.9. The molecule has 0 radical (unpaired) electrons. The molecular weight excluding hydrogens is 460 g/mol. The second kappa shape index (κ2) is 7.99. The summed E-state index contributed by atoms with van der Waals surface area (Å²) in [6.45, 7) is 11.8. The number of anilines is 4. The first-order valence-corrected chi connectivity index (χ1v) is 14.2. The van der Waals surface area contributed by atoms with Crippen LogP contribution in [0.15, 0.2) is 60.7 Å². The van der Waals surface area contributed by atoms with Crippen molar-refractivity contribution in [2.75, 3.05) is 23.9 Å². The van der Waals surface area contributed by atoms with Crippen molar-refractivity contribution < 1.29 is 0 Å². The quantitative estimate of drug-likeness (QED) is 0.227. The number of benzene rings is 4. The van der Waals surface area contributed by atoms with E-state index in [1.54, 1.807) is 0 Å². The Hall–Kier alpha value is -3.52. The van der Waals surface area contributed by atoms with Crippen molar-refractivity contribution in [3.05, 3.63) is 105 Å². The van der Waals surface area contributed by atoms with Crippen LogP contribution in [-0.4, -0.2) is 14.1 Å². The number of nitrogens with zero attached hydrogens (tertiary/aromatic N) is 2. The minimum Gasteiger partial charge on any atom is -0.344 e. The first-order chi connectivity index (χ1) is 18.1. The van der Waals surface area contributed by atoms with Gasteiger partial charge in [0.05, 0.1) is 0 Å². The Balaban J connectivity index is 1.41. The van der Waals surface area contributed by atoms with Gasteiger partial charge in [-0.15, -0.1) is 0 Å². The maximum atomic E-state index is 2.54. The van der Waals surface area contributed by atoms with Gasteiger partial charge in [-0.1, -0.05) is 65.0 Å². The fourth-order valence-corrected chi connectivity index (χ4v) is 7.31. The van der Waals surface area contributed by atoms with E-state index in [4.69, 9.17) is 0 Å². The topological polar surface area (TPSA) is 6.48 Å². The summed E-state index contributed by atoms with van der Waals surface area (Å²) in [5, 5.41) is 0. The van der Waals surface area contributed by atoms with Gasteiger partial charge in [-0.25, -0.2) is 0 Å². The van der Waals surface area contributed by atoms with E-state index in [1.165, 1.54) is 78.4 Å². The van der Waals surface area contributed by atoms with Gasteiger partial charge in [-0.05, 0) is 104 Å². The highest BCUT2D eigenvalue weighted by Gasteiger charge is 2.35. The van der Waals surface area contributed by atoms with Gasteiger partial charge in [-0.3, -0.25) is 0 Å². The van der Waals surface area contributed by atoms with Crippen LogP contribution >= 0.6 is 0 Å². The third-order valence-corrected chi connectivity index (χ3v) is 9.15. The molecule has 0 unspecified atom stereocenters. The largest absolute Gasteiger partial charge is 0.344 e. The Labute approximate surface area is 227 Å². The molecule has 4 aromatic carbocycles. The third-order valence-electron chi connectivity index (χ3n) is 9.15. The predicted octanol–water partition coefficient (Wildman–Crippen LogP) is 9.02. The van der Waals surface area contributed by atoms with Crippen molar-refractivity contribution in [2.45, 2.75) is 65.2 Å².